The standard InChI is InChI=1S/C26H38N4O5/c1-18-14-30(19(2)17-31)25(33)21-12-20(8-11-26(34)9-6-7-10-26)13-27-24(21)35-22(18)15-29(5)23(32)16-28(3)4/h12-13,18-19,22,31,34H,6-7,9-10,14-17H2,1-5H3/t18-,19-,22+/m0/s1. The second-order valence-electron chi connectivity index (χ2n) is 10.2. The van der Waals surface area contributed by atoms with Gasteiger partial charge in [-0.25, -0.2) is 4.98 Å². The molecule has 0 radical (unpaired) electrons. The maximum absolute atomic E-state index is 13.5. The van der Waals surface area contributed by atoms with Gasteiger partial charge < -0.3 is 29.6 Å². The number of likely N-dealkylation sites (N-methyl/N-ethyl adjacent to an activating group) is 2. The number of carbonyl (C=O) groups is 2. The van der Waals surface area contributed by atoms with Gasteiger partial charge in [0, 0.05) is 31.3 Å². The summed E-state index contributed by atoms with van der Waals surface area (Å²) in [7, 11) is 5.42. The van der Waals surface area contributed by atoms with Crippen molar-refractivity contribution in [1.29, 1.82) is 0 Å². The van der Waals surface area contributed by atoms with Crippen LogP contribution in [0.2, 0.25) is 0 Å². The summed E-state index contributed by atoms with van der Waals surface area (Å²) >= 11 is 0. The van der Waals surface area contributed by atoms with E-state index in [0.717, 1.165) is 12.8 Å². The van der Waals surface area contributed by atoms with E-state index in [1.807, 2.05) is 25.9 Å². The summed E-state index contributed by atoms with van der Waals surface area (Å²) < 4.78 is 6.23. The highest BCUT2D eigenvalue weighted by Crippen LogP contribution is 2.30. The number of pyridine rings is 1. The van der Waals surface area contributed by atoms with E-state index in [2.05, 4.69) is 16.8 Å². The van der Waals surface area contributed by atoms with Crippen LogP contribution in [0.25, 0.3) is 0 Å². The molecule has 0 spiro atoms. The average molecular weight is 487 g/mol. The fourth-order valence-corrected chi connectivity index (χ4v) is 4.42. The first-order chi connectivity index (χ1) is 16.5. The Morgan fingerprint density at radius 2 is 2.03 bits per heavy atom. The quantitative estimate of drug-likeness (QED) is 0.578. The van der Waals surface area contributed by atoms with Crippen LogP contribution in [0.1, 0.15) is 55.5 Å². The van der Waals surface area contributed by atoms with Gasteiger partial charge in [0.05, 0.1) is 25.7 Å². The number of ether oxygens (including phenoxy) is 1. The first-order valence-corrected chi connectivity index (χ1v) is 12.3. The molecule has 9 nitrogen and oxygen atoms in total. The van der Waals surface area contributed by atoms with Crippen LogP contribution >= 0.6 is 0 Å². The first-order valence-electron chi connectivity index (χ1n) is 12.3. The third-order valence-electron chi connectivity index (χ3n) is 6.72. The molecule has 3 atom stereocenters. The SMILES string of the molecule is C[C@H]1CN([C@@H](C)CO)C(=O)c2cc(C#CC3(O)CCCC3)cnc2O[C@@H]1CN(C)C(=O)CN(C)C. The molecule has 0 saturated heterocycles. The summed E-state index contributed by atoms with van der Waals surface area (Å²) in [4.78, 5) is 35.5. The summed E-state index contributed by atoms with van der Waals surface area (Å²) in [6.45, 7) is 4.55. The Labute approximate surface area is 208 Å². The van der Waals surface area contributed by atoms with Crippen molar-refractivity contribution < 1.29 is 24.5 Å². The Kier molecular flexibility index (Phi) is 8.75. The number of rotatable bonds is 6. The first kappa shape index (κ1) is 26.9. The summed E-state index contributed by atoms with van der Waals surface area (Å²) in [5.74, 6) is 5.67. The van der Waals surface area contributed by atoms with E-state index in [-0.39, 0.29) is 42.3 Å². The smallest absolute Gasteiger partial charge is 0.259 e. The zero-order valence-corrected chi connectivity index (χ0v) is 21.5. The molecule has 0 aromatic carbocycles. The Hall–Kier alpha value is -2.67. The van der Waals surface area contributed by atoms with Crippen molar-refractivity contribution >= 4 is 11.8 Å². The molecular formula is C26H38N4O5. The topological polar surface area (TPSA) is 106 Å². The third-order valence-corrected chi connectivity index (χ3v) is 6.72. The average Bonchev–Trinajstić information content (AvgIpc) is 3.25. The Morgan fingerprint density at radius 1 is 1.34 bits per heavy atom. The number of hydrogen-bond acceptors (Lipinski definition) is 7. The van der Waals surface area contributed by atoms with E-state index in [4.69, 9.17) is 4.74 Å². The molecule has 2 aliphatic rings. The predicted octanol–water partition coefficient (Wildman–Crippen LogP) is 0.978. The van der Waals surface area contributed by atoms with E-state index < -0.39 is 17.7 Å². The second kappa shape index (κ2) is 11.4. The Balaban J connectivity index is 1.93. The van der Waals surface area contributed by atoms with Crippen molar-refractivity contribution in [3.8, 4) is 17.7 Å². The van der Waals surface area contributed by atoms with Crippen LogP contribution in [0.3, 0.4) is 0 Å². The van der Waals surface area contributed by atoms with Gasteiger partial charge in [-0.15, -0.1) is 0 Å². The molecule has 2 heterocycles. The monoisotopic (exact) mass is 486 g/mol. The molecule has 1 aromatic rings. The second-order valence-corrected chi connectivity index (χ2v) is 10.2. The van der Waals surface area contributed by atoms with Gasteiger partial charge in [0.2, 0.25) is 11.8 Å². The molecule has 0 unspecified atom stereocenters. The lowest BCUT2D eigenvalue weighted by Gasteiger charge is -2.37. The normalized spacial score (nSPS) is 22.4. The van der Waals surface area contributed by atoms with Gasteiger partial charge >= 0.3 is 0 Å². The maximum Gasteiger partial charge on any atom is 0.259 e. The molecule has 3 rings (SSSR count). The highest BCUT2D eigenvalue weighted by molar-refractivity contribution is 5.97. The predicted molar refractivity (Wildman–Crippen MR) is 132 cm³/mol. The van der Waals surface area contributed by atoms with E-state index in [9.17, 15) is 19.8 Å². The molecule has 2 N–H and O–H groups in total. The number of carbonyl (C=O) groups excluding carboxylic acids is 2. The van der Waals surface area contributed by atoms with Gasteiger partial charge in [0.15, 0.2) is 0 Å². The molecule has 1 saturated carbocycles. The van der Waals surface area contributed by atoms with Crippen LogP contribution in [0.5, 0.6) is 5.88 Å². The van der Waals surface area contributed by atoms with Gasteiger partial charge in [-0.3, -0.25) is 9.59 Å². The van der Waals surface area contributed by atoms with Crippen LogP contribution in [0.15, 0.2) is 12.3 Å². The van der Waals surface area contributed by atoms with E-state index >= 15 is 0 Å². The molecule has 0 bridgehead atoms. The van der Waals surface area contributed by atoms with Crippen molar-refractivity contribution in [3.05, 3.63) is 23.4 Å². The minimum Gasteiger partial charge on any atom is -0.472 e. The van der Waals surface area contributed by atoms with Crippen LogP contribution in [-0.2, 0) is 4.79 Å². The summed E-state index contributed by atoms with van der Waals surface area (Å²) in [5.41, 5.74) is -0.220. The molecule has 35 heavy (non-hydrogen) atoms. The Morgan fingerprint density at radius 3 is 2.66 bits per heavy atom. The van der Waals surface area contributed by atoms with Crippen LogP contribution < -0.4 is 4.74 Å². The number of aliphatic hydroxyl groups excluding tert-OH is 1. The number of hydrogen-bond donors (Lipinski definition) is 2. The molecule has 1 aliphatic carbocycles. The van der Waals surface area contributed by atoms with Gasteiger partial charge in [-0.1, -0.05) is 18.8 Å². The van der Waals surface area contributed by atoms with E-state index in [0.29, 0.717) is 31.5 Å². The molecule has 192 valence electrons. The minimum atomic E-state index is -0.994. The number of nitrogens with zero attached hydrogens (tertiary/aromatic N) is 4. The van der Waals surface area contributed by atoms with Crippen LogP contribution in [0, 0.1) is 17.8 Å². The number of amides is 2. The van der Waals surface area contributed by atoms with Gasteiger partial charge in [-0.2, -0.15) is 0 Å². The Bertz CT molecular complexity index is 980. The summed E-state index contributed by atoms with van der Waals surface area (Å²) in [6.07, 6.45) is 4.30. The van der Waals surface area contributed by atoms with Crippen molar-refractivity contribution in [2.75, 3.05) is 47.4 Å². The fraction of sp³-hybridized carbons (Fsp3) is 0.654. The maximum atomic E-state index is 13.5. The third kappa shape index (κ3) is 6.72. The lowest BCUT2D eigenvalue weighted by molar-refractivity contribution is -0.132. The van der Waals surface area contributed by atoms with Crippen LogP contribution in [0.4, 0.5) is 0 Å². The zero-order chi connectivity index (χ0) is 25.8. The van der Waals surface area contributed by atoms with Gasteiger partial charge in [0.1, 0.15) is 17.3 Å². The largest absolute Gasteiger partial charge is 0.472 e. The summed E-state index contributed by atoms with van der Waals surface area (Å²) in [5, 5.41) is 20.4. The lowest BCUT2D eigenvalue weighted by Crippen LogP contribution is -2.51. The lowest BCUT2D eigenvalue weighted by atomic mass is 9.99. The summed E-state index contributed by atoms with van der Waals surface area (Å²) in [6, 6.07) is 1.24. The van der Waals surface area contributed by atoms with Crippen LogP contribution in [-0.4, -0.2) is 107 Å². The molecule has 1 aliphatic heterocycles. The highest BCUT2D eigenvalue weighted by atomic mass is 16.5. The van der Waals surface area contributed by atoms with E-state index in [1.165, 1.54) is 0 Å². The molecule has 9 heteroatoms. The molecular weight excluding hydrogens is 448 g/mol. The number of aliphatic hydroxyl groups is 2. The van der Waals surface area contributed by atoms with Crippen molar-refractivity contribution in [3.63, 3.8) is 0 Å². The van der Waals surface area contributed by atoms with Crippen molar-refractivity contribution in [1.82, 2.24) is 19.7 Å². The minimum absolute atomic E-state index is 0.0341. The number of aromatic nitrogens is 1. The number of fused-ring (bicyclic) bond motifs is 1. The fourth-order valence-electron chi connectivity index (χ4n) is 4.42. The molecule has 2 amide bonds. The molecule has 1 fully saturated rings. The van der Waals surface area contributed by atoms with Crippen molar-refractivity contribution in [2.45, 2.75) is 57.3 Å². The van der Waals surface area contributed by atoms with Gasteiger partial charge in [0.25, 0.3) is 5.91 Å². The highest BCUT2D eigenvalue weighted by Gasteiger charge is 2.35. The molecule has 1 aromatic heterocycles. The van der Waals surface area contributed by atoms with Crippen molar-refractivity contribution in [2.24, 2.45) is 5.92 Å². The van der Waals surface area contributed by atoms with Gasteiger partial charge in [-0.05, 0) is 52.8 Å². The van der Waals surface area contributed by atoms with E-state index in [1.54, 1.807) is 36.0 Å². The zero-order valence-electron chi connectivity index (χ0n) is 21.5.